The lowest BCUT2D eigenvalue weighted by Gasteiger charge is -2.09. The quantitative estimate of drug-likeness (QED) is 0.226. The largest absolute Gasteiger partial charge is 0.497 e. The third-order valence-corrected chi connectivity index (χ3v) is 7.16. The van der Waals surface area contributed by atoms with Crippen LogP contribution in [0.3, 0.4) is 0 Å². The summed E-state index contributed by atoms with van der Waals surface area (Å²) in [7, 11) is 1.57. The fraction of sp³-hybridized carbons (Fsp3) is 0.133. The van der Waals surface area contributed by atoms with E-state index in [9.17, 15) is 9.59 Å². The third-order valence-electron chi connectivity index (χ3n) is 6.17. The fourth-order valence-electron chi connectivity index (χ4n) is 4.45. The highest BCUT2D eigenvalue weighted by Crippen LogP contribution is 2.31. The van der Waals surface area contributed by atoms with Gasteiger partial charge in [-0.2, -0.15) is 0 Å². The minimum absolute atomic E-state index is 0.0885. The summed E-state index contributed by atoms with van der Waals surface area (Å²) in [5.41, 5.74) is 4.30. The predicted molar refractivity (Wildman–Crippen MR) is 152 cm³/mol. The molecule has 0 saturated heterocycles. The third kappa shape index (κ3) is 5.32. The van der Waals surface area contributed by atoms with Gasteiger partial charge in [0.25, 0.3) is 5.91 Å². The Morgan fingerprint density at radius 1 is 0.811 bits per heavy atom. The average Bonchev–Trinajstić information content (AvgIpc) is 3.25. The lowest BCUT2D eigenvalue weighted by molar-refractivity contribution is -0.113. The number of rotatable bonds is 8. The van der Waals surface area contributed by atoms with Gasteiger partial charge in [0.15, 0.2) is 0 Å². The Morgan fingerprint density at radius 2 is 1.59 bits per heavy atom. The molecular weight excluding hydrogens is 482 g/mol. The number of nitrogens with one attached hydrogen (secondary N) is 2. The molecule has 0 atom stereocenters. The van der Waals surface area contributed by atoms with E-state index in [1.807, 2.05) is 48.5 Å². The molecular formula is C30H27N3O3S. The molecule has 0 radical (unpaired) electrons. The van der Waals surface area contributed by atoms with Crippen LogP contribution in [0.1, 0.15) is 17.3 Å². The van der Waals surface area contributed by atoms with Gasteiger partial charge in [-0.25, -0.2) is 0 Å². The molecule has 1 aromatic heterocycles. The number of hydrogen-bond donors (Lipinski definition) is 2. The van der Waals surface area contributed by atoms with Crippen molar-refractivity contribution in [3.05, 3.63) is 96.6 Å². The molecule has 2 amide bonds. The number of ether oxygens (including phenoxy) is 1. The Labute approximate surface area is 219 Å². The topological polar surface area (TPSA) is 72.4 Å². The Bertz CT molecular complexity index is 1610. The number of anilines is 2. The van der Waals surface area contributed by atoms with Gasteiger partial charge >= 0.3 is 0 Å². The summed E-state index contributed by atoms with van der Waals surface area (Å²) in [4.78, 5) is 26.2. The molecule has 2 N–H and O–H groups in total. The van der Waals surface area contributed by atoms with Crippen LogP contribution in [0.4, 0.5) is 11.4 Å². The van der Waals surface area contributed by atoms with Crippen LogP contribution in [0.15, 0.2) is 95.9 Å². The predicted octanol–water partition coefficient (Wildman–Crippen LogP) is 6.81. The van der Waals surface area contributed by atoms with E-state index in [0.29, 0.717) is 17.0 Å². The Kier molecular flexibility index (Phi) is 7.14. The van der Waals surface area contributed by atoms with Crippen molar-refractivity contribution in [1.29, 1.82) is 0 Å². The number of fused-ring (bicyclic) bond motifs is 3. The van der Waals surface area contributed by atoms with Crippen LogP contribution in [0.2, 0.25) is 0 Å². The van der Waals surface area contributed by atoms with Crippen molar-refractivity contribution in [2.75, 3.05) is 23.5 Å². The van der Waals surface area contributed by atoms with Crippen LogP contribution in [-0.4, -0.2) is 29.2 Å². The van der Waals surface area contributed by atoms with E-state index in [1.54, 1.807) is 31.4 Å². The summed E-state index contributed by atoms with van der Waals surface area (Å²) in [6, 6.07) is 28.8. The summed E-state index contributed by atoms with van der Waals surface area (Å²) in [6.07, 6.45) is 0. The molecule has 6 nitrogen and oxygen atoms in total. The van der Waals surface area contributed by atoms with E-state index in [-0.39, 0.29) is 17.6 Å². The van der Waals surface area contributed by atoms with Gasteiger partial charge < -0.3 is 19.9 Å². The van der Waals surface area contributed by atoms with Crippen molar-refractivity contribution in [1.82, 2.24) is 4.57 Å². The first kappa shape index (κ1) is 24.5. The van der Waals surface area contributed by atoms with E-state index < -0.39 is 0 Å². The number of aryl methyl sites for hydroxylation is 1. The fourth-order valence-corrected chi connectivity index (χ4v) is 5.20. The molecule has 186 valence electrons. The van der Waals surface area contributed by atoms with Gasteiger partial charge in [-0.05, 0) is 67.6 Å². The molecule has 0 fully saturated rings. The lowest BCUT2D eigenvalue weighted by Crippen LogP contribution is -2.14. The lowest BCUT2D eigenvalue weighted by atomic mass is 10.1. The van der Waals surface area contributed by atoms with Crippen molar-refractivity contribution >= 4 is 56.8 Å². The van der Waals surface area contributed by atoms with Crippen molar-refractivity contribution in [3.8, 4) is 5.75 Å². The molecule has 1 heterocycles. The van der Waals surface area contributed by atoms with Crippen molar-refractivity contribution in [3.63, 3.8) is 0 Å². The van der Waals surface area contributed by atoms with E-state index >= 15 is 0 Å². The van der Waals surface area contributed by atoms with Gasteiger partial charge in [0.1, 0.15) is 5.75 Å². The summed E-state index contributed by atoms with van der Waals surface area (Å²) in [6.45, 7) is 3.02. The molecule has 7 heteroatoms. The standard InChI is InChI=1S/C30H27N3O3S/c1-3-33-27-13-5-4-12-25(27)26-18-22(14-15-28(26)33)31-29(34)19-37-24-11-7-9-21(17-24)32-30(35)20-8-6-10-23(16-20)36-2/h4-18H,3,19H2,1-2H3,(H,31,34)(H,32,35). The van der Waals surface area contributed by atoms with Gasteiger partial charge in [-0.3, -0.25) is 9.59 Å². The monoisotopic (exact) mass is 509 g/mol. The van der Waals surface area contributed by atoms with Gasteiger partial charge in [-0.1, -0.05) is 30.3 Å². The number of hydrogen-bond acceptors (Lipinski definition) is 4. The summed E-state index contributed by atoms with van der Waals surface area (Å²) in [5.74, 6) is 0.563. The molecule has 37 heavy (non-hydrogen) atoms. The number of benzene rings is 4. The Hall–Kier alpha value is -4.23. The summed E-state index contributed by atoms with van der Waals surface area (Å²) < 4.78 is 7.48. The first-order valence-electron chi connectivity index (χ1n) is 12.0. The number of methoxy groups -OCH3 is 1. The average molecular weight is 510 g/mol. The van der Waals surface area contributed by atoms with Crippen LogP contribution < -0.4 is 15.4 Å². The van der Waals surface area contributed by atoms with Gasteiger partial charge in [-0.15, -0.1) is 11.8 Å². The zero-order valence-corrected chi connectivity index (χ0v) is 21.5. The highest BCUT2D eigenvalue weighted by Gasteiger charge is 2.12. The molecule has 0 bridgehead atoms. The Balaban J connectivity index is 1.23. The highest BCUT2D eigenvalue weighted by atomic mass is 32.2. The maximum absolute atomic E-state index is 12.7. The maximum atomic E-state index is 12.7. The van der Waals surface area contributed by atoms with E-state index in [0.717, 1.165) is 28.0 Å². The van der Waals surface area contributed by atoms with E-state index in [1.165, 1.54) is 22.7 Å². The maximum Gasteiger partial charge on any atom is 0.255 e. The van der Waals surface area contributed by atoms with Gasteiger partial charge in [0.2, 0.25) is 5.91 Å². The normalized spacial score (nSPS) is 11.0. The van der Waals surface area contributed by atoms with Crippen LogP contribution in [0.5, 0.6) is 5.75 Å². The number of carbonyl (C=O) groups excluding carboxylic acids is 2. The summed E-state index contributed by atoms with van der Waals surface area (Å²) in [5, 5.41) is 8.24. The van der Waals surface area contributed by atoms with Gasteiger partial charge in [0, 0.05) is 50.2 Å². The van der Waals surface area contributed by atoms with Crippen LogP contribution in [0, 0.1) is 0 Å². The summed E-state index contributed by atoms with van der Waals surface area (Å²) >= 11 is 1.42. The van der Waals surface area contributed by atoms with Crippen molar-refractivity contribution in [2.45, 2.75) is 18.4 Å². The number of para-hydroxylation sites is 1. The second-order valence-electron chi connectivity index (χ2n) is 8.54. The highest BCUT2D eigenvalue weighted by molar-refractivity contribution is 8.00. The minimum Gasteiger partial charge on any atom is -0.497 e. The number of carbonyl (C=O) groups is 2. The molecule has 0 spiro atoms. The molecule has 0 aliphatic carbocycles. The second-order valence-corrected chi connectivity index (χ2v) is 9.59. The van der Waals surface area contributed by atoms with Crippen LogP contribution in [0.25, 0.3) is 21.8 Å². The number of amides is 2. The first-order valence-corrected chi connectivity index (χ1v) is 13.0. The molecule has 0 aliphatic heterocycles. The molecule has 5 aromatic rings. The first-order chi connectivity index (χ1) is 18.1. The number of aromatic nitrogens is 1. The SMILES string of the molecule is CCn1c2ccccc2c2cc(NC(=O)CSc3cccc(NC(=O)c4cccc(OC)c4)c3)ccc21. The van der Waals surface area contributed by atoms with E-state index in [2.05, 4.69) is 40.3 Å². The second kappa shape index (κ2) is 10.8. The zero-order chi connectivity index (χ0) is 25.8. The van der Waals surface area contributed by atoms with Crippen molar-refractivity contribution < 1.29 is 14.3 Å². The van der Waals surface area contributed by atoms with E-state index in [4.69, 9.17) is 4.74 Å². The molecule has 0 unspecified atom stereocenters. The smallest absolute Gasteiger partial charge is 0.255 e. The molecule has 0 aliphatic rings. The van der Waals surface area contributed by atoms with Crippen LogP contribution in [-0.2, 0) is 11.3 Å². The molecule has 4 aromatic carbocycles. The van der Waals surface area contributed by atoms with Crippen molar-refractivity contribution in [2.24, 2.45) is 0 Å². The van der Waals surface area contributed by atoms with Gasteiger partial charge in [0.05, 0.1) is 12.9 Å². The number of thioether (sulfide) groups is 1. The number of nitrogens with zero attached hydrogens (tertiary/aromatic N) is 1. The Morgan fingerprint density at radius 3 is 2.43 bits per heavy atom. The minimum atomic E-state index is -0.224. The molecule has 5 rings (SSSR count). The van der Waals surface area contributed by atoms with Crippen LogP contribution >= 0.6 is 11.8 Å². The zero-order valence-electron chi connectivity index (χ0n) is 20.7. The molecule has 0 saturated carbocycles.